The number of hydrogen-bond donors (Lipinski definition) is 1. The number of aromatic amines is 1. The zero-order valence-electron chi connectivity index (χ0n) is 14.1. The fraction of sp³-hybridized carbons (Fsp3) is 0.167. The van der Waals surface area contributed by atoms with Gasteiger partial charge in [0.15, 0.2) is 0 Å². The monoisotopic (exact) mass is 339 g/mol. The first-order chi connectivity index (χ1) is 12.1. The van der Waals surface area contributed by atoms with Gasteiger partial charge in [0, 0.05) is 11.1 Å². The highest BCUT2D eigenvalue weighted by atomic mass is 16.5. The van der Waals surface area contributed by atoms with Crippen molar-refractivity contribution in [3.63, 3.8) is 0 Å². The topological polar surface area (TPSA) is 85.7 Å². The predicted molar refractivity (Wildman–Crippen MR) is 96.1 cm³/mol. The standard InChI is InChI=1S/C18H17N3O4/c1-11-15(24-2)9-8-12(16(11)25-3)10-19-21-17(22)13-6-4-5-7-14(13)20-18(21)23/h4-10H,1-3H3,(H,20,23). The third kappa shape index (κ3) is 2.91. The Kier molecular flexibility index (Phi) is 4.38. The number of rotatable bonds is 4. The Morgan fingerprint density at radius 2 is 1.84 bits per heavy atom. The fourth-order valence-corrected chi connectivity index (χ4v) is 2.67. The summed E-state index contributed by atoms with van der Waals surface area (Å²) in [5.74, 6) is 1.24. The Morgan fingerprint density at radius 3 is 2.56 bits per heavy atom. The molecule has 0 fully saturated rings. The molecule has 0 aliphatic rings. The zero-order chi connectivity index (χ0) is 18.0. The minimum Gasteiger partial charge on any atom is -0.496 e. The maximum atomic E-state index is 12.5. The van der Waals surface area contributed by atoms with Crippen molar-refractivity contribution >= 4 is 17.1 Å². The Labute approximate surface area is 143 Å². The summed E-state index contributed by atoms with van der Waals surface area (Å²) in [7, 11) is 3.11. The highest BCUT2D eigenvalue weighted by Gasteiger charge is 2.10. The summed E-state index contributed by atoms with van der Waals surface area (Å²) in [6.07, 6.45) is 1.41. The quantitative estimate of drug-likeness (QED) is 0.736. The van der Waals surface area contributed by atoms with Crippen LogP contribution in [0.1, 0.15) is 11.1 Å². The van der Waals surface area contributed by atoms with E-state index in [9.17, 15) is 9.59 Å². The van der Waals surface area contributed by atoms with E-state index in [4.69, 9.17) is 9.47 Å². The van der Waals surface area contributed by atoms with Crippen molar-refractivity contribution in [2.45, 2.75) is 6.92 Å². The maximum absolute atomic E-state index is 12.5. The summed E-state index contributed by atoms with van der Waals surface area (Å²) in [5.41, 5.74) is 0.805. The van der Waals surface area contributed by atoms with E-state index in [2.05, 4.69) is 10.1 Å². The average molecular weight is 339 g/mol. The van der Waals surface area contributed by atoms with Crippen LogP contribution in [0.5, 0.6) is 11.5 Å². The Bertz CT molecular complexity index is 1080. The Morgan fingerprint density at radius 1 is 1.08 bits per heavy atom. The molecule has 3 rings (SSSR count). The van der Waals surface area contributed by atoms with Crippen molar-refractivity contribution in [2.75, 3.05) is 14.2 Å². The minimum atomic E-state index is -0.607. The number of fused-ring (bicyclic) bond motifs is 1. The van der Waals surface area contributed by atoms with Crippen molar-refractivity contribution in [3.05, 3.63) is 68.4 Å². The van der Waals surface area contributed by atoms with Crippen molar-refractivity contribution in [1.82, 2.24) is 9.66 Å². The SMILES string of the molecule is COc1ccc(C=Nn2c(=O)[nH]c3ccccc3c2=O)c(OC)c1C. The molecule has 0 amide bonds. The van der Waals surface area contributed by atoms with Crippen LogP contribution in [0.25, 0.3) is 10.9 Å². The smallest absolute Gasteiger partial charge is 0.349 e. The van der Waals surface area contributed by atoms with Crippen LogP contribution in [0.3, 0.4) is 0 Å². The molecule has 0 bridgehead atoms. The van der Waals surface area contributed by atoms with Crippen LogP contribution in [0, 0.1) is 6.92 Å². The predicted octanol–water partition coefficient (Wildman–Crippen LogP) is 1.90. The highest BCUT2D eigenvalue weighted by molar-refractivity contribution is 5.85. The molecule has 0 unspecified atom stereocenters. The summed E-state index contributed by atoms with van der Waals surface area (Å²) >= 11 is 0. The second-order valence-corrected chi connectivity index (χ2v) is 5.35. The summed E-state index contributed by atoms with van der Waals surface area (Å²) in [5, 5.41) is 4.43. The van der Waals surface area contributed by atoms with Crippen LogP contribution in [0.15, 0.2) is 51.1 Å². The van der Waals surface area contributed by atoms with E-state index >= 15 is 0 Å². The molecule has 2 aromatic carbocycles. The van der Waals surface area contributed by atoms with E-state index < -0.39 is 11.2 Å². The molecule has 7 heteroatoms. The molecular formula is C18H17N3O4. The molecular weight excluding hydrogens is 322 g/mol. The Hall–Kier alpha value is -3.35. The van der Waals surface area contributed by atoms with Crippen molar-refractivity contribution in [1.29, 1.82) is 0 Å². The number of nitrogens with zero attached hydrogens (tertiary/aromatic N) is 2. The van der Waals surface area contributed by atoms with Gasteiger partial charge in [0.25, 0.3) is 5.56 Å². The number of benzene rings is 2. The maximum Gasteiger partial charge on any atom is 0.349 e. The van der Waals surface area contributed by atoms with Gasteiger partial charge in [0.1, 0.15) is 11.5 Å². The van der Waals surface area contributed by atoms with Crippen LogP contribution >= 0.6 is 0 Å². The van der Waals surface area contributed by atoms with E-state index in [1.165, 1.54) is 13.3 Å². The Balaban J connectivity index is 2.12. The van der Waals surface area contributed by atoms with Crippen LogP contribution in [-0.4, -0.2) is 30.1 Å². The molecule has 3 aromatic rings. The summed E-state index contributed by atoms with van der Waals surface area (Å²) in [6, 6.07) is 10.3. The van der Waals surface area contributed by atoms with Gasteiger partial charge in [-0.2, -0.15) is 5.10 Å². The number of ether oxygens (including phenoxy) is 2. The molecule has 1 aromatic heterocycles. The van der Waals surface area contributed by atoms with Crippen LogP contribution in [-0.2, 0) is 0 Å². The van der Waals surface area contributed by atoms with Crippen molar-refractivity contribution in [2.24, 2.45) is 5.10 Å². The van der Waals surface area contributed by atoms with E-state index in [0.29, 0.717) is 28.0 Å². The summed E-state index contributed by atoms with van der Waals surface area (Å²) in [6.45, 7) is 1.85. The molecule has 7 nitrogen and oxygen atoms in total. The lowest BCUT2D eigenvalue weighted by atomic mass is 10.1. The summed E-state index contributed by atoms with van der Waals surface area (Å²) in [4.78, 5) is 27.2. The van der Waals surface area contributed by atoms with Gasteiger partial charge in [-0.3, -0.25) is 4.79 Å². The zero-order valence-corrected chi connectivity index (χ0v) is 14.1. The van der Waals surface area contributed by atoms with Gasteiger partial charge >= 0.3 is 5.69 Å². The molecule has 0 aliphatic carbocycles. The van der Waals surface area contributed by atoms with Crippen LogP contribution in [0.2, 0.25) is 0 Å². The normalized spacial score (nSPS) is 11.2. The van der Waals surface area contributed by atoms with Gasteiger partial charge in [-0.05, 0) is 31.2 Å². The van der Waals surface area contributed by atoms with E-state index in [1.807, 2.05) is 6.92 Å². The largest absolute Gasteiger partial charge is 0.496 e. The van der Waals surface area contributed by atoms with Crippen LogP contribution in [0.4, 0.5) is 0 Å². The van der Waals surface area contributed by atoms with Gasteiger partial charge in [0.05, 0.1) is 31.3 Å². The first kappa shape index (κ1) is 16.5. The first-order valence-corrected chi connectivity index (χ1v) is 7.57. The van der Waals surface area contributed by atoms with Crippen molar-refractivity contribution in [3.8, 4) is 11.5 Å². The van der Waals surface area contributed by atoms with Crippen LogP contribution < -0.4 is 20.7 Å². The highest BCUT2D eigenvalue weighted by Crippen LogP contribution is 2.30. The number of nitrogens with one attached hydrogen (secondary N) is 1. The second kappa shape index (κ2) is 6.64. The molecule has 128 valence electrons. The second-order valence-electron chi connectivity index (χ2n) is 5.35. The number of hydrogen-bond acceptors (Lipinski definition) is 5. The molecule has 0 saturated heterocycles. The first-order valence-electron chi connectivity index (χ1n) is 7.57. The van der Waals surface area contributed by atoms with E-state index in [-0.39, 0.29) is 0 Å². The average Bonchev–Trinajstić information content (AvgIpc) is 2.61. The lowest BCUT2D eigenvalue weighted by Crippen LogP contribution is -2.32. The lowest BCUT2D eigenvalue weighted by Gasteiger charge is -2.11. The third-order valence-electron chi connectivity index (χ3n) is 3.91. The number of para-hydroxylation sites is 1. The van der Waals surface area contributed by atoms with Gasteiger partial charge in [-0.15, -0.1) is 4.68 Å². The van der Waals surface area contributed by atoms with Gasteiger partial charge < -0.3 is 14.5 Å². The number of H-pyrrole nitrogens is 1. The van der Waals surface area contributed by atoms with E-state index in [1.54, 1.807) is 43.5 Å². The molecule has 25 heavy (non-hydrogen) atoms. The molecule has 1 heterocycles. The summed E-state index contributed by atoms with van der Waals surface area (Å²) < 4.78 is 11.4. The molecule has 0 saturated carbocycles. The van der Waals surface area contributed by atoms with Gasteiger partial charge in [-0.1, -0.05) is 12.1 Å². The molecule has 0 spiro atoms. The van der Waals surface area contributed by atoms with Gasteiger partial charge in [0.2, 0.25) is 0 Å². The van der Waals surface area contributed by atoms with Gasteiger partial charge in [-0.25, -0.2) is 4.79 Å². The number of aromatic nitrogens is 2. The molecule has 0 radical (unpaired) electrons. The molecule has 0 aliphatic heterocycles. The number of methoxy groups -OCH3 is 2. The van der Waals surface area contributed by atoms with Crippen molar-refractivity contribution < 1.29 is 9.47 Å². The minimum absolute atomic E-state index is 0.386. The molecule has 1 N–H and O–H groups in total. The fourth-order valence-electron chi connectivity index (χ4n) is 2.67. The third-order valence-corrected chi connectivity index (χ3v) is 3.91. The lowest BCUT2D eigenvalue weighted by molar-refractivity contribution is 0.388. The molecule has 0 atom stereocenters. The van der Waals surface area contributed by atoms with E-state index in [0.717, 1.165) is 10.2 Å².